The first kappa shape index (κ1) is 19.4. The van der Waals surface area contributed by atoms with E-state index < -0.39 is 0 Å². The highest BCUT2D eigenvalue weighted by atomic mass is 16.3. The first-order chi connectivity index (χ1) is 13.0. The predicted molar refractivity (Wildman–Crippen MR) is 106 cm³/mol. The molecule has 2 heterocycles. The second kappa shape index (κ2) is 8.57. The number of rotatable bonds is 5. The SMILES string of the molecule is CCNC(=O)CN1CCCN(C(=O)Cc2coc3c(C)c(C)ccc23)CC1. The Hall–Kier alpha value is -2.34. The molecule has 1 aliphatic rings. The van der Waals surface area contributed by atoms with Gasteiger partial charge in [0.25, 0.3) is 0 Å². The number of nitrogens with one attached hydrogen (secondary N) is 1. The maximum Gasteiger partial charge on any atom is 0.234 e. The van der Waals surface area contributed by atoms with Crippen molar-refractivity contribution in [3.8, 4) is 0 Å². The van der Waals surface area contributed by atoms with Crippen molar-refractivity contribution in [2.45, 2.75) is 33.6 Å². The van der Waals surface area contributed by atoms with Crippen LogP contribution in [0.15, 0.2) is 22.8 Å². The standard InChI is InChI=1S/C21H29N3O3/c1-4-22-19(25)13-23-8-5-9-24(11-10-23)20(26)12-17-14-27-21-16(3)15(2)6-7-18(17)21/h6-7,14H,4-5,8-13H2,1-3H3,(H,22,25). The number of likely N-dealkylation sites (N-methyl/N-ethyl adjacent to an activating group) is 1. The Morgan fingerprint density at radius 2 is 1.96 bits per heavy atom. The van der Waals surface area contributed by atoms with Crippen LogP contribution in [0.2, 0.25) is 0 Å². The summed E-state index contributed by atoms with van der Waals surface area (Å²) in [6.45, 7) is 10.0. The van der Waals surface area contributed by atoms with Crippen molar-refractivity contribution >= 4 is 22.8 Å². The van der Waals surface area contributed by atoms with E-state index in [4.69, 9.17) is 4.42 Å². The third-order valence-corrected chi connectivity index (χ3v) is 5.37. The molecule has 0 radical (unpaired) electrons. The van der Waals surface area contributed by atoms with Crippen LogP contribution in [0.25, 0.3) is 11.0 Å². The number of furan rings is 1. The number of hydrogen-bond donors (Lipinski definition) is 1. The van der Waals surface area contributed by atoms with E-state index in [1.54, 1.807) is 6.26 Å². The predicted octanol–water partition coefficient (Wildman–Crippen LogP) is 2.26. The highest BCUT2D eigenvalue weighted by Gasteiger charge is 2.22. The van der Waals surface area contributed by atoms with Gasteiger partial charge in [0.1, 0.15) is 5.58 Å². The summed E-state index contributed by atoms with van der Waals surface area (Å²) in [5, 5.41) is 3.86. The van der Waals surface area contributed by atoms with E-state index in [1.165, 1.54) is 5.56 Å². The van der Waals surface area contributed by atoms with Crippen molar-refractivity contribution < 1.29 is 14.0 Å². The van der Waals surface area contributed by atoms with Crippen LogP contribution in [0.3, 0.4) is 0 Å². The van der Waals surface area contributed by atoms with Crippen LogP contribution in [0.1, 0.15) is 30.0 Å². The fourth-order valence-corrected chi connectivity index (χ4v) is 3.63. The van der Waals surface area contributed by atoms with Gasteiger partial charge in [0.15, 0.2) is 0 Å². The molecule has 1 aromatic carbocycles. The average Bonchev–Trinajstić information content (AvgIpc) is 2.89. The number of carbonyl (C=O) groups is 2. The van der Waals surface area contributed by atoms with Gasteiger partial charge in [-0.1, -0.05) is 12.1 Å². The Morgan fingerprint density at radius 3 is 2.74 bits per heavy atom. The first-order valence-corrected chi connectivity index (χ1v) is 9.72. The maximum absolute atomic E-state index is 12.8. The number of fused-ring (bicyclic) bond motifs is 1. The molecular formula is C21H29N3O3. The fraction of sp³-hybridized carbons (Fsp3) is 0.524. The normalized spacial score (nSPS) is 15.7. The summed E-state index contributed by atoms with van der Waals surface area (Å²) >= 11 is 0. The van der Waals surface area contributed by atoms with Gasteiger partial charge in [-0.2, -0.15) is 0 Å². The highest BCUT2D eigenvalue weighted by molar-refractivity contribution is 5.89. The highest BCUT2D eigenvalue weighted by Crippen LogP contribution is 2.27. The maximum atomic E-state index is 12.8. The second-order valence-electron chi connectivity index (χ2n) is 7.29. The summed E-state index contributed by atoms with van der Waals surface area (Å²) in [5.74, 6) is 0.170. The van der Waals surface area contributed by atoms with Gasteiger partial charge in [-0.3, -0.25) is 14.5 Å². The van der Waals surface area contributed by atoms with Gasteiger partial charge in [0, 0.05) is 43.7 Å². The quantitative estimate of drug-likeness (QED) is 0.876. The lowest BCUT2D eigenvalue weighted by molar-refractivity contribution is -0.130. The topological polar surface area (TPSA) is 65.8 Å². The minimum absolute atomic E-state index is 0.0489. The summed E-state index contributed by atoms with van der Waals surface area (Å²) < 4.78 is 5.73. The second-order valence-corrected chi connectivity index (χ2v) is 7.29. The molecule has 0 unspecified atom stereocenters. The van der Waals surface area contributed by atoms with E-state index in [2.05, 4.69) is 23.2 Å². The smallest absolute Gasteiger partial charge is 0.234 e. The van der Waals surface area contributed by atoms with Crippen LogP contribution >= 0.6 is 0 Å². The number of nitrogens with zero attached hydrogens (tertiary/aromatic N) is 2. The van der Waals surface area contributed by atoms with Gasteiger partial charge in [-0.25, -0.2) is 0 Å². The zero-order chi connectivity index (χ0) is 19.4. The Balaban J connectivity index is 1.62. The van der Waals surface area contributed by atoms with Crippen molar-refractivity contribution in [3.05, 3.63) is 35.1 Å². The molecule has 146 valence electrons. The molecule has 0 bridgehead atoms. The van der Waals surface area contributed by atoms with Crippen molar-refractivity contribution in [1.82, 2.24) is 15.1 Å². The minimum atomic E-state index is 0.0489. The van der Waals surface area contributed by atoms with Crippen LogP contribution in [-0.2, 0) is 16.0 Å². The Labute approximate surface area is 160 Å². The van der Waals surface area contributed by atoms with Crippen LogP contribution < -0.4 is 5.32 Å². The summed E-state index contributed by atoms with van der Waals surface area (Å²) in [7, 11) is 0. The number of aryl methyl sites for hydroxylation is 2. The molecular weight excluding hydrogens is 342 g/mol. The van der Waals surface area contributed by atoms with E-state index in [-0.39, 0.29) is 11.8 Å². The zero-order valence-corrected chi connectivity index (χ0v) is 16.5. The van der Waals surface area contributed by atoms with E-state index in [0.29, 0.717) is 26.1 Å². The molecule has 1 fully saturated rings. The molecule has 0 saturated carbocycles. The van der Waals surface area contributed by atoms with E-state index >= 15 is 0 Å². The first-order valence-electron chi connectivity index (χ1n) is 9.72. The fourth-order valence-electron chi connectivity index (χ4n) is 3.63. The molecule has 0 aliphatic carbocycles. The Morgan fingerprint density at radius 1 is 1.15 bits per heavy atom. The lowest BCUT2D eigenvalue weighted by Crippen LogP contribution is -2.40. The van der Waals surface area contributed by atoms with Crippen molar-refractivity contribution in [1.29, 1.82) is 0 Å². The Bertz CT molecular complexity index is 827. The molecule has 0 spiro atoms. The summed E-state index contributed by atoms with van der Waals surface area (Å²) in [4.78, 5) is 28.7. The molecule has 3 rings (SSSR count). The Kier molecular flexibility index (Phi) is 6.16. The summed E-state index contributed by atoms with van der Waals surface area (Å²) in [5.41, 5.74) is 4.14. The van der Waals surface area contributed by atoms with Gasteiger partial charge in [0.2, 0.25) is 11.8 Å². The van der Waals surface area contributed by atoms with Gasteiger partial charge in [0.05, 0.1) is 19.2 Å². The molecule has 6 heteroatoms. The number of benzene rings is 1. The monoisotopic (exact) mass is 371 g/mol. The molecule has 1 saturated heterocycles. The summed E-state index contributed by atoms with van der Waals surface area (Å²) in [6, 6.07) is 4.12. The number of carbonyl (C=O) groups excluding carboxylic acids is 2. The molecule has 0 atom stereocenters. The van der Waals surface area contributed by atoms with Gasteiger partial charge in [-0.05, 0) is 38.3 Å². The molecule has 2 aromatic rings. The van der Waals surface area contributed by atoms with Crippen molar-refractivity contribution in [2.75, 3.05) is 39.3 Å². The third kappa shape index (κ3) is 4.50. The van der Waals surface area contributed by atoms with Crippen molar-refractivity contribution in [3.63, 3.8) is 0 Å². The molecule has 27 heavy (non-hydrogen) atoms. The van der Waals surface area contributed by atoms with Crippen LogP contribution in [-0.4, -0.2) is 60.9 Å². The lowest BCUT2D eigenvalue weighted by atomic mass is 10.0. The van der Waals surface area contributed by atoms with Gasteiger partial charge >= 0.3 is 0 Å². The van der Waals surface area contributed by atoms with Gasteiger partial charge in [-0.15, -0.1) is 0 Å². The average molecular weight is 371 g/mol. The largest absolute Gasteiger partial charge is 0.464 e. The number of hydrogen-bond acceptors (Lipinski definition) is 4. The number of amides is 2. The van der Waals surface area contributed by atoms with E-state index in [0.717, 1.165) is 48.2 Å². The lowest BCUT2D eigenvalue weighted by Gasteiger charge is -2.21. The molecule has 1 N–H and O–H groups in total. The van der Waals surface area contributed by atoms with Crippen LogP contribution in [0, 0.1) is 13.8 Å². The molecule has 1 aromatic heterocycles. The van der Waals surface area contributed by atoms with Crippen LogP contribution in [0.5, 0.6) is 0 Å². The molecule has 1 aliphatic heterocycles. The van der Waals surface area contributed by atoms with E-state index in [1.807, 2.05) is 24.8 Å². The molecule has 6 nitrogen and oxygen atoms in total. The molecule has 2 amide bonds. The van der Waals surface area contributed by atoms with Gasteiger partial charge < -0.3 is 14.6 Å². The van der Waals surface area contributed by atoms with Crippen molar-refractivity contribution in [2.24, 2.45) is 0 Å². The van der Waals surface area contributed by atoms with E-state index in [9.17, 15) is 9.59 Å². The minimum Gasteiger partial charge on any atom is -0.464 e. The van der Waals surface area contributed by atoms with Crippen LogP contribution in [0.4, 0.5) is 0 Å². The third-order valence-electron chi connectivity index (χ3n) is 5.37. The summed E-state index contributed by atoms with van der Waals surface area (Å²) in [6.07, 6.45) is 2.95. The zero-order valence-electron chi connectivity index (χ0n) is 16.5.